The average Bonchev–Trinajstić information content (AvgIpc) is 2.26. The molecule has 0 amide bonds. The first kappa shape index (κ1) is 15.7. The summed E-state index contributed by atoms with van der Waals surface area (Å²) in [5, 5.41) is 12.3. The summed E-state index contributed by atoms with van der Waals surface area (Å²) < 4.78 is 24.0. The van der Waals surface area contributed by atoms with Crippen LogP contribution in [0.25, 0.3) is 0 Å². The van der Waals surface area contributed by atoms with Crippen LogP contribution in [-0.2, 0) is 10.0 Å². The number of benzene rings is 1. The summed E-state index contributed by atoms with van der Waals surface area (Å²) in [5.41, 5.74) is 0.542. The molecule has 106 valence electrons. The van der Waals surface area contributed by atoms with Gasteiger partial charge in [-0.2, -0.15) is 0 Å². The number of sulfonamides is 1. The van der Waals surface area contributed by atoms with E-state index in [0.29, 0.717) is 23.7 Å². The zero-order valence-electron chi connectivity index (χ0n) is 10.3. The van der Waals surface area contributed by atoms with E-state index >= 15 is 0 Å². The van der Waals surface area contributed by atoms with Crippen LogP contribution in [-0.4, -0.2) is 38.8 Å². The van der Waals surface area contributed by atoms with E-state index < -0.39 is 16.0 Å². The molecule has 0 aliphatic carbocycles. The fourth-order valence-corrected chi connectivity index (χ4v) is 2.11. The highest BCUT2D eigenvalue weighted by Gasteiger charge is 2.09. The summed E-state index contributed by atoms with van der Waals surface area (Å²) >= 11 is 5.80. The van der Waals surface area contributed by atoms with Crippen molar-refractivity contribution in [2.75, 3.05) is 24.7 Å². The fraction of sp³-hybridized carbons (Fsp3) is 0.364. The predicted molar refractivity (Wildman–Crippen MR) is 74.4 cm³/mol. The quantitative estimate of drug-likeness (QED) is 0.662. The van der Waals surface area contributed by atoms with Crippen molar-refractivity contribution >= 4 is 33.3 Å². The standard InChI is InChI=1S/C11H15ClN2O4S/c1-19(17,18)14-6-2-5-13-10-7-8(12)3-4-9(10)11(15)16/h3-4,7,13-14H,2,5-6H2,1H3,(H,15,16). The molecule has 1 aromatic carbocycles. The lowest BCUT2D eigenvalue weighted by Crippen LogP contribution is -2.24. The van der Waals surface area contributed by atoms with E-state index in [-0.39, 0.29) is 12.1 Å². The number of carbonyl (C=O) groups is 1. The van der Waals surface area contributed by atoms with Gasteiger partial charge in [0.15, 0.2) is 0 Å². The van der Waals surface area contributed by atoms with Crippen molar-refractivity contribution in [1.29, 1.82) is 0 Å². The van der Waals surface area contributed by atoms with E-state index in [1.165, 1.54) is 18.2 Å². The Bertz CT molecular complexity index is 560. The monoisotopic (exact) mass is 306 g/mol. The predicted octanol–water partition coefficient (Wildman–Crippen LogP) is 1.39. The molecular weight excluding hydrogens is 292 g/mol. The highest BCUT2D eigenvalue weighted by molar-refractivity contribution is 7.88. The van der Waals surface area contributed by atoms with Gasteiger partial charge in [-0.25, -0.2) is 17.9 Å². The summed E-state index contributed by atoms with van der Waals surface area (Å²) in [4.78, 5) is 11.0. The number of rotatable bonds is 7. The highest BCUT2D eigenvalue weighted by Crippen LogP contribution is 2.21. The summed E-state index contributed by atoms with van der Waals surface area (Å²) in [6.45, 7) is 0.720. The first-order valence-electron chi connectivity index (χ1n) is 5.51. The molecular formula is C11H15ClN2O4S. The largest absolute Gasteiger partial charge is 0.478 e. The van der Waals surface area contributed by atoms with E-state index in [9.17, 15) is 13.2 Å². The van der Waals surface area contributed by atoms with Crippen molar-refractivity contribution in [2.24, 2.45) is 0 Å². The first-order valence-corrected chi connectivity index (χ1v) is 7.78. The van der Waals surface area contributed by atoms with Crippen molar-refractivity contribution < 1.29 is 18.3 Å². The zero-order valence-corrected chi connectivity index (χ0v) is 11.9. The van der Waals surface area contributed by atoms with Crippen LogP contribution in [0.5, 0.6) is 0 Å². The molecule has 1 aromatic rings. The Balaban J connectivity index is 2.53. The van der Waals surface area contributed by atoms with E-state index in [2.05, 4.69) is 10.0 Å². The SMILES string of the molecule is CS(=O)(=O)NCCCNc1cc(Cl)ccc1C(=O)O. The van der Waals surface area contributed by atoms with Gasteiger partial charge in [0.1, 0.15) is 0 Å². The van der Waals surface area contributed by atoms with Crippen LogP contribution < -0.4 is 10.0 Å². The lowest BCUT2D eigenvalue weighted by atomic mass is 10.2. The van der Waals surface area contributed by atoms with E-state index in [1.807, 2.05) is 0 Å². The Morgan fingerprint density at radius 2 is 2.05 bits per heavy atom. The number of hydrogen-bond donors (Lipinski definition) is 3. The van der Waals surface area contributed by atoms with Crippen molar-refractivity contribution in [2.45, 2.75) is 6.42 Å². The number of halogens is 1. The average molecular weight is 307 g/mol. The maximum Gasteiger partial charge on any atom is 0.337 e. The maximum absolute atomic E-state index is 11.0. The van der Waals surface area contributed by atoms with E-state index in [0.717, 1.165) is 6.26 Å². The smallest absolute Gasteiger partial charge is 0.337 e. The van der Waals surface area contributed by atoms with Gasteiger partial charge in [-0.1, -0.05) is 11.6 Å². The molecule has 0 aliphatic rings. The van der Waals surface area contributed by atoms with Crippen molar-refractivity contribution in [3.05, 3.63) is 28.8 Å². The molecule has 0 heterocycles. The van der Waals surface area contributed by atoms with Gasteiger partial charge in [-0.15, -0.1) is 0 Å². The Morgan fingerprint density at radius 1 is 1.37 bits per heavy atom. The van der Waals surface area contributed by atoms with Gasteiger partial charge in [0.05, 0.1) is 17.5 Å². The van der Waals surface area contributed by atoms with Gasteiger partial charge in [0.2, 0.25) is 10.0 Å². The molecule has 3 N–H and O–H groups in total. The number of nitrogens with one attached hydrogen (secondary N) is 2. The minimum Gasteiger partial charge on any atom is -0.478 e. The fourth-order valence-electron chi connectivity index (χ4n) is 1.42. The normalized spacial score (nSPS) is 11.3. The molecule has 0 saturated carbocycles. The lowest BCUT2D eigenvalue weighted by Gasteiger charge is -2.10. The summed E-state index contributed by atoms with van der Waals surface area (Å²) in [6, 6.07) is 4.44. The van der Waals surface area contributed by atoms with Crippen LogP contribution in [0, 0.1) is 0 Å². The van der Waals surface area contributed by atoms with Gasteiger partial charge < -0.3 is 10.4 Å². The van der Waals surface area contributed by atoms with Crippen molar-refractivity contribution in [3.63, 3.8) is 0 Å². The third-order valence-electron chi connectivity index (χ3n) is 2.25. The van der Waals surface area contributed by atoms with E-state index in [4.69, 9.17) is 16.7 Å². The Morgan fingerprint density at radius 3 is 2.63 bits per heavy atom. The molecule has 0 aromatic heterocycles. The second-order valence-electron chi connectivity index (χ2n) is 3.94. The van der Waals surface area contributed by atoms with Crippen molar-refractivity contribution in [1.82, 2.24) is 4.72 Å². The van der Waals surface area contributed by atoms with E-state index in [1.54, 1.807) is 0 Å². The molecule has 0 saturated heterocycles. The van der Waals surface area contributed by atoms with Crippen LogP contribution >= 0.6 is 11.6 Å². The number of aromatic carboxylic acids is 1. The van der Waals surface area contributed by atoms with Gasteiger partial charge >= 0.3 is 5.97 Å². The minimum absolute atomic E-state index is 0.125. The molecule has 0 spiro atoms. The topological polar surface area (TPSA) is 95.5 Å². The third-order valence-corrected chi connectivity index (χ3v) is 3.21. The van der Waals surface area contributed by atoms with Gasteiger partial charge in [-0.3, -0.25) is 0 Å². The van der Waals surface area contributed by atoms with Crippen LogP contribution in [0.4, 0.5) is 5.69 Å². The molecule has 0 bridgehead atoms. The first-order chi connectivity index (χ1) is 8.79. The van der Waals surface area contributed by atoms with Crippen LogP contribution in [0.15, 0.2) is 18.2 Å². The van der Waals surface area contributed by atoms with Crippen LogP contribution in [0.1, 0.15) is 16.8 Å². The number of anilines is 1. The number of carboxylic acid groups (broad SMARTS) is 1. The Kier molecular flexibility index (Phi) is 5.59. The molecule has 0 atom stereocenters. The van der Waals surface area contributed by atoms with Gasteiger partial charge in [-0.05, 0) is 24.6 Å². The number of carboxylic acids is 1. The molecule has 0 unspecified atom stereocenters. The maximum atomic E-state index is 11.0. The minimum atomic E-state index is -3.19. The van der Waals surface area contributed by atoms with Crippen LogP contribution in [0.2, 0.25) is 5.02 Å². The molecule has 8 heteroatoms. The van der Waals surface area contributed by atoms with Crippen molar-refractivity contribution in [3.8, 4) is 0 Å². The number of hydrogen-bond acceptors (Lipinski definition) is 4. The van der Waals surface area contributed by atoms with Crippen LogP contribution in [0.3, 0.4) is 0 Å². The summed E-state index contributed by atoms with van der Waals surface area (Å²) in [5.74, 6) is -1.05. The van der Waals surface area contributed by atoms with Gasteiger partial charge in [0.25, 0.3) is 0 Å². The molecule has 1 rings (SSSR count). The molecule has 0 fully saturated rings. The Labute approximate surface area is 116 Å². The third kappa shape index (κ3) is 5.91. The molecule has 0 aliphatic heterocycles. The zero-order chi connectivity index (χ0) is 14.5. The summed E-state index contributed by atoms with van der Waals surface area (Å²) in [7, 11) is -3.19. The lowest BCUT2D eigenvalue weighted by molar-refractivity contribution is 0.0698. The second kappa shape index (κ2) is 6.74. The highest BCUT2D eigenvalue weighted by atomic mass is 35.5. The summed E-state index contributed by atoms with van der Waals surface area (Å²) in [6.07, 6.45) is 1.61. The van der Waals surface area contributed by atoms with Gasteiger partial charge in [0, 0.05) is 18.1 Å². The second-order valence-corrected chi connectivity index (χ2v) is 6.21. The molecule has 19 heavy (non-hydrogen) atoms. The molecule has 0 radical (unpaired) electrons. The Hall–Kier alpha value is -1.31. The molecule has 6 nitrogen and oxygen atoms in total.